The summed E-state index contributed by atoms with van der Waals surface area (Å²) in [5.74, 6) is -0.680. The number of hydrogen-bond acceptors (Lipinski definition) is 2. The van der Waals surface area contributed by atoms with Crippen LogP contribution < -0.4 is 10.6 Å². The zero-order chi connectivity index (χ0) is 13.7. The van der Waals surface area contributed by atoms with E-state index in [0.29, 0.717) is 5.69 Å². The molecule has 3 nitrogen and oxygen atoms in total. The molecule has 1 aromatic rings. The van der Waals surface area contributed by atoms with Gasteiger partial charge in [0.05, 0.1) is 22.3 Å². The first-order chi connectivity index (χ1) is 8.43. The van der Waals surface area contributed by atoms with Crippen LogP contribution in [-0.2, 0) is 4.79 Å². The predicted molar refractivity (Wildman–Crippen MR) is 72.8 cm³/mol. The first-order valence-electron chi connectivity index (χ1n) is 5.61. The standard InChI is InChI=1S/C12H15Cl2FN2O/c1-3-7(2)17-11(18)6-16-12-9(13)4-8(15)5-10(12)14/h4-5,7,16H,3,6H2,1-2H3,(H,17,18). The van der Waals surface area contributed by atoms with Gasteiger partial charge in [-0.25, -0.2) is 4.39 Å². The fourth-order valence-corrected chi connectivity index (χ4v) is 1.90. The lowest BCUT2D eigenvalue weighted by Gasteiger charge is -2.13. The monoisotopic (exact) mass is 292 g/mol. The highest BCUT2D eigenvalue weighted by Crippen LogP contribution is 2.30. The zero-order valence-corrected chi connectivity index (χ0v) is 11.7. The topological polar surface area (TPSA) is 41.1 Å². The van der Waals surface area contributed by atoms with Crippen molar-refractivity contribution in [1.29, 1.82) is 0 Å². The summed E-state index contributed by atoms with van der Waals surface area (Å²) in [6, 6.07) is 2.39. The number of halogens is 3. The molecule has 6 heteroatoms. The van der Waals surface area contributed by atoms with Crippen molar-refractivity contribution in [3.8, 4) is 0 Å². The molecule has 0 aliphatic carbocycles. The number of amides is 1. The molecule has 0 heterocycles. The lowest BCUT2D eigenvalue weighted by Crippen LogP contribution is -2.36. The van der Waals surface area contributed by atoms with Crippen LogP contribution in [0, 0.1) is 5.82 Å². The Hall–Kier alpha value is -1.00. The lowest BCUT2D eigenvalue weighted by atomic mass is 10.2. The first-order valence-corrected chi connectivity index (χ1v) is 6.37. The number of hydrogen-bond donors (Lipinski definition) is 2. The fourth-order valence-electron chi connectivity index (χ4n) is 1.31. The summed E-state index contributed by atoms with van der Waals surface area (Å²) >= 11 is 11.7. The Morgan fingerprint density at radius 2 is 1.94 bits per heavy atom. The molecule has 0 saturated heterocycles. The minimum absolute atomic E-state index is 0.0371. The van der Waals surface area contributed by atoms with E-state index in [1.165, 1.54) is 0 Å². The molecule has 1 amide bonds. The maximum Gasteiger partial charge on any atom is 0.239 e. The summed E-state index contributed by atoms with van der Waals surface area (Å²) in [6.45, 7) is 3.93. The average molecular weight is 293 g/mol. The molecule has 1 aromatic carbocycles. The van der Waals surface area contributed by atoms with Gasteiger partial charge in [0.15, 0.2) is 0 Å². The summed E-state index contributed by atoms with van der Waals surface area (Å²) in [6.07, 6.45) is 0.851. The predicted octanol–water partition coefficient (Wildman–Crippen LogP) is 3.46. The second-order valence-electron chi connectivity index (χ2n) is 3.97. The van der Waals surface area contributed by atoms with E-state index in [4.69, 9.17) is 23.2 Å². The molecule has 100 valence electrons. The Balaban J connectivity index is 2.61. The van der Waals surface area contributed by atoms with Crippen LogP contribution >= 0.6 is 23.2 Å². The minimum atomic E-state index is -0.514. The third-order valence-corrected chi connectivity index (χ3v) is 3.05. The Kier molecular flexibility index (Phi) is 5.69. The number of anilines is 1. The van der Waals surface area contributed by atoms with E-state index in [2.05, 4.69) is 10.6 Å². The van der Waals surface area contributed by atoms with Crippen molar-refractivity contribution < 1.29 is 9.18 Å². The number of carbonyl (C=O) groups excluding carboxylic acids is 1. The molecule has 0 fully saturated rings. The Morgan fingerprint density at radius 1 is 1.39 bits per heavy atom. The number of benzene rings is 1. The van der Waals surface area contributed by atoms with E-state index in [9.17, 15) is 9.18 Å². The van der Waals surface area contributed by atoms with Crippen molar-refractivity contribution in [2.24, 2.45) is 0 Å². The van der Waals surface area contributed by atoms with Gasteiger partial charge in [0.25, 0.3) is 0 Å². The minimum Gasteiger partial charge on any atom is -0.374 e. The summed E-state index contributed by atoms with van der Waals surface area (Å²) in [4.78, 5) is 11.5. The van der Waals surface area contributed by atoms with Crippen LogP contribution in [0.4, 0.5) is 10.1 Å². The molecule has 0 saturated carbocycles. The van der Waals surface area contributed by atoms with Crippen molar-refractivity contribution in [3.05, 3.63) is 28.0 Å². The van der Waals surface area contributed by atoms with Gasteiger partial charge < -0.3 is 10.6 Å². The quantitative estimate of drug-likeness (QED) is 0.873. The van der Waals surface area contributed by atoms with Crippen molar-refractivity contribution >= 4 is 34.8 Å². The van der Waals surface area contributed by atoms with Gasteiger partial charge in [0, 0.05) is 6.04 Å². The normalized spacial score (nSPS) is 12.1. The van der Waals surface area contributed by atoms with Crippen LogP contribution in [0.15, 0.2) is 12.1 Å². The third-order valence-electron chi connectivity index (χ3n) is 2.45. The molecule has 18 heavy (non-hydrogen) atoms. The van der Waals surface area contributed by atoms with Crippen molar-refractivity contribution in [3.63, 3.8) is 0 Å². The van der Waals surface area contributed by atoms with Gasteiger partial charge in [-0.1, -0.05) is 30.1 Å². The summed E-state index contributed by atoms with van der Waals surface area (Å²) in [7, 11) is 0. The van der Waals surface area contributed by atoms with Crippen LogP contribution in [0.3, 0.4) is 0 Å². The summed E-state index contributed by atoms with van der Waals surface area (Å²) in [5, 5.41) is 5.88. The second kappa shape index (κ2) is 6.81. The average Bonchev–Trinajstić information content (AvgIpc) is 2.27. The first kappa shape index (κ1) is 15.1. The van der Waals surface area contributed by atoms with E-state index in [1.54, 1.807) is 0 Å². The molecule has 1 unspecified atom stereocenters. The molecule has 0 spiro atoms. The highest BCUT2D eigenvalue weighted by atomic mass is 35.5. The summed E-state index contributed by atoms with van der Waals surface area (Å²) in [5.41, 5.74) is 0.360. The van der Waals surface area contributed by atoms with Crippen molar-refractivity contribution in [2.45, 2.75) is 26.3 Å². The van der Waals surface area contributed by atoms with Gasteiger partial charge in [0.1, 0.15) is 5.82 Å². The zero-order valence-electron chi connectivity index (χ0n) is 10.2. The van der Waals surface area contributed by atoms with E-state index in [-0.39, 0.29) is 28.5 Å². The van der Waals surface area contributed by atoms with Crippen LogP contribution in [0.2, 0.25) is 10.0 Å². The van der Waals surface area contributed by atoms with E-state index in [0.717, 1.165) is 18.6 Å². The molecule has 0 radical (unpaired) electrons. The van der Waals surface area contributed by atoms with Crippen LogP contribution in [0.5, 0.6) is 0 Å². The summed E-state index contributed by atoms with van der Waals surface area (Å²) < 4.78 is 12.9. The van der Waals surface area contributed by atoms with E-state index >= 15 is 0 Å². The van der Waals surface area contributed by atoms with E-state index < -0.39 is 5.82 Å². The maximum atomic E-state index is 12.9. The van der Waals surface area contributed by atoms with Gasteiger partial charge in [-0.05, 0) is 25.5 Å². The highest BCUT2D eigenvalue weighted by Gasteiger charge is 2.10. The number of rotatable bonds is 5. The van der Waals surface area contributed by atoms with Gasteiger partial charge in [-0.15, -0.1) is 0 Å². The third kappa shape index (κ3) is 4.35. The van der Waals surface area contributed by atoms with Gasteiger partial charge in [-0.2, -0.15) is 0 Å². The Morgan fingerprint density at radius 3 is 2.44 bits per heavy atom. The largest absolute Gasteiger partial charge is 0.374 e. The Labute approximate surface area is 116 Å². The molecule has 0 bridgehead atoms. The SMILES string of the molecule is CCC(C)NC(=O)CNc1c(Cl)cc(F)cc1Cl. The lowest BCUT2D eigenvalue weighted by molar-refractivity contribution is -0.120. The van der Waals surface area contributed by atoms with Crippen molar-refractivity contribution in [1.82, 2.24) is 5.32 Å². The highest BCUT2D eigenvalue weighted by molar-refractivity contribution is 6.39. The molecule has 1 atom stereocenters. The smallest absolute Gasteiger partial charge is 0.239 e. The van der Waals surface area contributed by atoms with Crippen molar-refractivity contribution in [2.75, 3.05) is 11.9 Å². The second-order valence-corrected chi connectivity index (χ2v) is 4.79. The molecular formula is C12H15Cl2FN2O. The molecule has 0 aliphatic rings. The van der Waals surface area contributed by atoms with Gasteiger partial charge >= 0.3 is 0 Å². The van der Waals surface area contributed by atoms with Crippen LogP contribution in [0.25, 0.3) is 0 Å². The fraction of sp³-hybridized carbons (Fsp3) is 0.417. The van der Waals surface area contributed by atoms with Crippen LogP contribution in [-0.4, -0.2) is 18.5 Å². The van der Waals surface area contributed by atoms with Gasteiger partial charge in [-0.3, -0.25) is 4.79 Å². The molecule has 0 aliphatic heterocycles. The molecular weight excluding hydrogens is 278 g/mol. The molecule has 2 N–H and O–H groups in total. The van der Waals surface area contributed by atoms with Crippen LogP contribution in [0.1, 0.15) is 20.3 Å². The number of carbonyl (C=O) groups is 1. The van der Waals surface area contributed by atoms with Gasteiger partial charge in [0.2, 0.25) is 5.91 Å². The maximum absolute atomic E-state index is 12.9. The number of nitrogens with one attached hydrogen (secondary N) is 2. The molecule has 1 rings (SSSR count). The molecule has 0 aromatic heterocycles. The Bertz CT molecular complexity index is 417. The van der Waals surface area contributed by atoms with E-state index in [1.807, 2.05) is 13.8 Å².